The van der Waals surface area contributed by atoms with Crippen molar-refractivity contribution in [1.29, 1.82) is 0 Å². The van der Waals surface area contributed by atoms with E-state index < -0.39 is 6.10 Å². The lowest BCUT2D eigenvalue weighted by Crippen LogP contribution is -2.30. The molecule has 0 aliphatic heterocycles. The molecular weight excluding hydrogens is 865 g/mol. The summed E-state index contributed by atoms with van der Waals surface area (Å²) in [6, 6.07) is 0. The maximum absolute atomic E-state index is 12.9. The van der Waals surface area contributed by atoms with Crippen LogP contribution in [0.4, 0.5) is 0 Å². The van der Waals surface area contributed by atoms with Gasteiger partial charge in [-0.2, -0.15) is 0 Å². The molecule has 0 aliphatic rings. The fraction of sp³-hybridized carbons (Fsp3) is 0.734. The summed E-state index contributed by atoms with van der Waals surface area (Å²) in [6.07, 6.45) is 75.7. The summed E-state index contributed by atoms with van der Waals surface area (Å²) in [5, 5.41) is 0. The molecule has 0 bridgehead atoms. The molecule has 0 heterocycles. The Hall–Kier alpha value is -3.41. The van der Waals surface area contributed by atoms with E-state index in [9.17, 15) is 14.4 Å². The molecule has 0 saturated heterocycles. The minimum atomic E-state index is -0.789. The van der Waals surface area contributed by atoms with Gasteiger partial charge < -0.3 is 14.2 Å². The van der Waals surface area contributed by atoms with Gasteiger partial charge in [0.1, 0.15) is 13.2 Å². The van der Waals surface area contributed by atoms with Gasteiger partial charge in [-0.15, -0.1) is 0 Å². The molecule has 0 aliphatic carbocycles. The Bertz CT molecular complexity index is 1350. The van der Waals surface area contributed by atoms with Crippen LogP contribution in [0.3, 0.4) is 0 Å². The van der Waals surface area contributed by atoms with Crippen molar-refractivity contribution in [1.82, 2.24) is 0 Å². The number of hydrogen-bond acceptors (Lipinski definition) is 6. The van der Waals surface area contributed by atoms with E-state index in [2.05, 4.69) is 106 Å². The van der Waals surface area contributed by atoms with Crippen LogP contribution in [0.15, 0.2) is 85.1 Å². The summed E-state index contributed by atoms with van der Waals surface area (Å²) in [5.41, 5.74) is 0. The molecule has 70 heavy (non-hydrogen) atoms. The van der Waals surface area contributed by atoms with E-state index >= 15 is 0 Å². The highest BCUT2D eigenvalue weighted by Crippen LogP contribution is 2.15. The Morgan fingerprint density at radius 2 is 0.557 bits per heavy atom. The van der Waals surface area contributed by atoms with Crippen LogP contribution in [0.5, 0.6) is 0 Å². The van der Waals surface area contributed by atoms with Crippen LogP contribution in [-0.2, 0) is 28.6 Å². The summed E-state index contributed by atoms with van der Waals surface area (Å²) in [4.78, 5) is 38.2. The number of carbonyl (C=O) groups excluding carboxylic acids is 3. The van der Waals surface area contributed by atoms with Crippen molar-refractivity contribution in [2.75, 3.05) is 13.2 Å². The van der Waals surface area contributed by atoms with E-state index in [-0.39, 0.29) is 31.1 Å². The highest BCUT2D eigenvalue weighted by Gasteiger charge is 2.19. The van der Waals surface area contributed by atoms with Crippen LogP contribution >= 0.6 is 0 Å². The van der Waals surface area contributed by atoms with Gasteiger partial charge in [0.25, 0.3) is 0 Å². The van der Waals surface area contributed by atoms with Crippen molar-refractivity contribution >= 4 is 17.9 Å². The average Bonchev–Trinajstić information content (AvgIpc) is 3.36. The standard InChI is InChI=1S/C64H110O6/c1-4-7-10-13-16-19-22-25-28-30-32-34-36-39-42-45-48-51-54-57-63(66)69-60-61(59-68-62(65)56-53-50-47-44-41-38-27-24-21-18-15-12-9-6-3)70-64(67)58-55-52-49-46-43-40-37-35-33-31-29-26-23-20-17-14-11-8-5-2/h7,10,16-17,19-20,24-29,32,34,61H,4-6,8-9,11-15,18,21-23,30-31,33,35-60H2,1-3H3/b10-7-,19-16-,20-17-,27-24-,28-25-,29-26-,34-32-. The lowest BCUT2D eigenvalue weighted by Gasteiger charge is -2.18. The molecule has 0 fully saturated rings. The second-order valence-electron chi connectivity index (χ2n) is 19.5. The second-order valence-corrected chi connectivity index (χ2v) is 19.5. The average molecular weight is 976 g/mol. The summed E-state index contributed by atoms with van der Waals surface area (Å²) < 4.78 is 16.9. The van der Waals surface area contributed by atoms with Crippen molar-refractivity contribution in [2.24, 2.45) is 0 Å². The molecule has 0 aromatic heterocycles. The first-order valence-corrected chi connectivity index (χ1v) is 29.6. The molecule has 1 atom stereocenters. The smallest absolute Gasteiger partial charge is 0.306 e. The van der Waals surface area contributed by atoms with Gasteiger partial charge >= 0.3 is 17.9 Å². The van der Waals surface area contributed by atoms with Crippen LogP contribution in [0, 0.1) is 0 Å². The van der Waals surface area contributed by atoms with E-state index in [4.69, 9.17) is 14.2 Å². The van der Waals surface area contributed by atoms with Crippen LogP contribution < -0.4 is 0 Å². The predicted molar refractivity (Wildman–Crippen MR) is 302 cm³/mol. The second kappa shape index (κ2) is 58.2. The fourth-order valence-electron chi connectivity index (χ4n) is 8.16. The van der Waals surface area contributed by atoms with Crippen molar-refractivity contribution in [3.63, 3.8) is 0 Å². The lowest BCUT2D eigenvalue weighted by molar-refractivity contribution is -0.167. The van der Waals surface area contributed by atoms with E-state index in [1.165, 1.54) is 141 Å². The van der Waals surface area contributed by atoms with Crippen molar-refractivity contribution in [3.8, 4) is 0 Å². The first-order chi connectivity index (χ1) is 34.5. The van der Waals surface area contributed by atoms with Gasteiger partial charge in [-0.3, -0.25) is 14.4 Å². The molecule has 0 spiro atoms. The van der Waals surface area contributed by atoms with Crippen LogP contribution in [0.25, 0.3) is 0 Å². The molecular formula is C64H110O6. The molecule has 0 aromatic rings. The van der Waals surface area contributed by atoms with Gasteiger partial charge in [0.2, 0.25) is 0 Å². The monoisotopic (exact) mass is 975 g/mol. The third kappa shape index (κ3) is 55.5. The van der Waals surface area contributed by atoms with Gasteiger partial charge in [0, 0.05) is 19.3 Å². The van der Waals surface area contributed by atoms with Crippen LogP contribution in [0.1, 0.15) is 284 Å². The number of hydrogen-bond donors (Lipinski definition) is 0. The topological polar surface area (TPSA) is 78.9 Å². The molecule has 1 unspecified atom stereocenters. The molecule has 0 rings (SSSR count). The Kier molecular flexibility index (Phi) is 55.3. The Balaban J connectivity index is 4.41. The molecule has 0 radical (unpaired) electrons. The number of esters is 3. The van der Waals surface area contributed by atoms with Crippen molar-refractivity contribution < 1.29 is 28.6 Å². The number of ether oxygens (including phenoxy) is 3. The maximum Gasteiger partial charge on any atom is 0.306 e. The van der Waals surface area contributed by atoms with E-state index in [0.717, 1.165) is 103 Å². The lowest BCUT2D eigenvalue weighted by atomic mass is 10.1. The first kappa shape index (κ1) is 66.6. The summed E-state index contributed by atoms with van der Waals surface area (Å²) in [6.45, 7) is 6.49. The van der Waals surface area contributed by atoms with Gasteiger partial charge in [-0.05, 0) is 116 Å². The Labute approximate surface area is 433 Å². The molecule has 0 N–H and O–H groups in total. The zero-order chi connectivity index (χ0) is 50.7. The normalized spacial score (nSPS) is 12.7. The third-order valence-electron chi connectivity index (χ3n) is 12.6. The summed E-state index contributed by atoms with van der Waals surface area (Å²) >= 11 is 0. The SMILES string of the molecule is CC/C=C\C/C=C\C/C=C\C/C=C\CCCCCCCCC(=O)OCC(COC(=O)CCCCCCC/C=C\CCCCCCC)OC(=O)CCCCCCCCCCC/C=C\C/C=C\CCCCC. The Morgan fingerprint density at radius 1 is 0.300 bits per heavy atom. The zero-order valence-electron chi connectivity index (χ0n) is 46.0. The van der Waals surface area contributed by atoms with Crippen LogP contribution in [0.2, 0.25) is 0 Å². The first-order valence-electron chi connectivity index (χ1n) is 29.6. The fourth-order valence-corrected chi connectivity index (χ4v) is 8.16. The van der Waals surface area contributed by atoms with Crippen molar-refractivity contribution in [2.45, 2.75) is 290 Å². The van der Waals surface area contributed by atoms with Gasteiger partial charge in [-0.25, -0.2) is 0 Å². The van der Waals surface area contributed by atoms with Gasteiger partial charge in [0.05, 0.1) is 0 Å². The summed E-state index contributed by atoms with van der Waals surface area (Å²) in [5.74, 6) is -0.906. The highest BCUT2D eigenvalue weighted by atomic mass is 16.6. The number of carbonyl (C=O) groups is 3. The number of unbranched alkanes of at least 4 members (excludes halogenated alkanes) is 28. The summed E-state index contributed by atoms with van der Waals surface area (Å²) in [7, 11) is 0. The minimum Gasteiger partial charge on any atom is -0.462 e. The molecule has 6 heteroatoms. The number of allylic oxidation sites excluding steroid dienone is 14. The molecule has 402 valence electrons. The van der Waals surface area contributed by atoms with E-state index in [1.54, 1.807) is 0 Å². The van der Waals surface area contributed by atoms with Gasteiger partial charge in [-0.1, -0.05) is 234 Å². The highest BCUT2D eigenvalue weighted by molar-refractivity contribution is 5.71. The Morgan fingerprint density at radius 3 is 0.914 bits per heavy atom. The minimum absolute atomic E-state index is 0.0868. The molecule has 0 aromatic carbocycles. The molecule has 0 amide bonds. The molecule has 0 saturated carbocycles. The van der Waals surface area contributed by atoms with Gasteiger partial charge in [0.15, 0.2) is 6.10 Å². The maximum atomic E-state index is 12.9. The molecule has 6 nitrogen and oxygen atoms in total. The largest absolute Gasteiger partial charge is 0.462 e. The van der Waals surface area contributed by atoms with Crippen molar-refractivity contribution in [3.05, 3.63) is 85.1 Å². The quantitative estimate of drug-likeness (QED) is 0.0261. The van der Waals surface area contributed by atoms with Crippen LogP contribution in [-0.4, -0.2) is 37.2 Å². The predicted octanol–water partition coefficient (Wildman–Crippen LogP) is 19.9. The van der Waals surface area contributed by atoms with E-state index in [0.29, 0.717) is 19.3 Å². The third-order valence-corrected chi connectivity index (χ3v) is 12.6. The zero-order valence-corrected chi connectivity index (χ0v) is 46.0. The van der Waals surface area contributed by atoms with E-state index in [1.807, 2.05) is 0 Å². The number of rotatable bonds is 53.